The van der Waals surface area contributed by atoms with Crippen molar-refractivity contribution in [3.63, 3.8) is 0 Å². The quantitative estimate of drug-likeness (QED) is 0.820. The number of hydrogen-bond acceptors (Lipinski definition) is 6. The first-order valence-corrected chi connectivity index (χ1v) is 9.01. The van der Waals surface area contributed by atoms with Crippen LogP contribution in [-0.4, -0.2) is 66.5 Å². The molecule has 0 unspecified atom stereocenters. The van der Waals surface area contributed by atoms with Gasteiger partial charge in [-0.25, -0.2) is 9.97 Å². The highest BCUT2D eigenvalue weighted by Crippen LogP contribution is 2.42. The van der Waals surface area contributed by atoms with Crippen LogP contribution in [0, 0.1) is 5.92 Å². The zero-order valence-corrected chi connectivity index (χ0v) is 13.7. The van der Waals surface area contributed by atoms with E-state index in [4.69, 9.17) is 4.74 Å². The van der Waals surface area contributed by atoms with Gasteiger partial charge in [-0.3, -0.25) is 0 Å². The first-order chi connectivity index (χ1) is 11.3. The first kappa shape index (κ1) is 14.0. The molecule has 1 atom stereocenters. The minimum Gasteiger partial charge on any atom is -0.355 e. The van der Waals surface area contributed by atoms with E-state index in [0.29, 0.717) is 12.6 Å². The zero-order valence-electron chi connectivity index (χ0n) is 13.7. The maximum absolute atomic E-state index is 6.32. The molecule has 1 aromatic heterocycles. The van der Waals surface area contributed by atoms with Gasteiger partial charge >= 0.3 is 0 Å². The topological polar surface area (TPSA) is 44.7 Å². The predicted molar refractivity (Wildman–Crippen MR) is 88.7 cm³/mol. The van der Waals surface area contributed by atoms with Crippen LogP contribution in [0.15, 0.2) is 12.4 Å². The summed E-state index contributed by atoms with van der Waals surface area (Å²) < 4.78 is 6.32. The third kappa shape index (κ3) is 2.31. The summed E-state index contributed by atoms with van der Waals surface area (Å²) in [7, 11) is 0. The Morgan fingerprint density at radius 3 is 2.22 bits per heavy atom. The average Bonchev–Trinajstić information content (AvgIpc) is 3.27. The van der Waals surface area contributed by atoms with E-state index in [1.165, 1.54) is 38.8 Å². The van der Waals surface area contributed by atoms with Gasteiger partial charge in [-0.15, -0.1) is 0 Å². The van der Waals surface area contributed by atoms with Gasteiger partial charge in [-0.1, -0.05) is 0 Å². The normalized spacial score (nSPS) is 36.3. The van der Waals surface area contributed by atoms with E-state index in [1.54, 1.807) is 0 Å². The number of aromatic nitrogens is 2. The lowest BCUT2D eigenvalue weighted by atomic mass is 9.75. The van der Waals surface area contributed by atoms with Crippen LogP contribution in [0.25, 0.3) is 0 Å². The van der Waals surface area contributed by atoms with Crippen LogP contribution < -0.4 is 9.80 Å². The molecule has 1 aromatic rings. The molecule has 5 aliphatic heterocycles. The molecule has 0 saturated carbocycles. The second-order valence-corrected chi connectivity index (χ2v) is 7.51. The highest BCUT2D eigenvalue weighted by Gasteiger charge is 2.51. The van der Waals surface area contributed by atoms with Crippen LogP contribution in [0.5, 0.6) is 0 Å². The number of anilines is 2. The van der Waals surface area contributed by atoms with Crippen molar-refractivity contribution in [3.05, 3.63) is 12.4 Å². The van der Waals surface area contributed by atoms with E-state index in [0.717, 1.165) is 37.8 Å². The standard InChI is InChI=1S/C17H25N5O/c1-2-6-21(5-1)15-9-19-16(10-18-15)22-12-17(23-13-22)11-20-7-3-14(17)4-8-20/h9-10,14H,1-8,11-13H2/t17-/m1/s1. The monoisotopic (exact) mass is 315 g/mol. The third-order valence-corrected chi connectivity index (χ3v) is 6.17. The molecular weight excluding hydrogens is 290 g/mol. The van der Waals surface area contributed by atoms with Gasteiger partial charge in [0, 0.05) is 19.6 Å². The SMILES string of the molecule is c1nc(N2CO[C@]3(CN4CCC3CC4)C2)cnc1N1CCCC1. The molecule has 0 amide bonds. The molecule has 0 radical (unpaired) electrons. The van der Waals surface area contributed by atoms with Crippen LogP contribution in [0.1, 0.15) is 25.7 Å². The van der Waals surface area contributed by atoms with Gasteiger partial charge in [0.15, 0.2) is 0 Å². The summed E-state index contributed by atoms with van der Waals surface area (Å²) in [5.74, 6) is 2.69. The Morgan fingerprint density at radius 2 is 1.61 bits per heavy atom. The van der Waals surface area contributed by atoms with E-state index in [9.17, 15) is 0 Å². The van der Waals surface area contributed by atoms with Gasteiger partial charge in [0.05, 0.1) is 18.9 Å². The minimum absolute atomic E-state index is 0.0335. The van der Waals surface area contributed by atoms with Crippen molar-refractivity contribution < 1.29 is 4.74 Å². The second-order valence-electron chi connectivity index (χ2n) is 7.51. The number of fused-ring (bicyclic) bond motifs is 2. The number of piperidine rings is 3. The number of rotatable bonds is 2. The van der Waals surface area contributed by atoms with Crippen molar-refractivity contribution in [2.45, 2.75) is 31.3 Å². The maximum Gasteiger partial charge on any atom is 0.149 e. The molecule has 0 aromatic carbocycles. The highest BCUT2D eigenvalue weighted by molar-refractivity contribution is 5.44. The van der Waals surface area contributed by atoms with Crippen molar-refractivity contribution >= 4 is 11.6 Å². The molecular formula is C17H25N5O. The van der Waals surface area contributed by atoms with Crippen molar-refractivity contribution in [3.8, 4) is 0 Å². The van der Waals surface area contributed by atoms with Crippen LogP contribution >= 0.6 is 0 Å². The maximum atomic E-state index is 6.32. The Morgan fingerprint density at radius 1 is 0.913 bits per heavy atom. The molecule has 1 spiro atoms. The van der Waals surface area contributed by atoms with Crippen molar-refractivity contribution in [1.82, 2.24) is 14.9 Å². The lowest BCUT2D eigenvalue weighted by Crippen LogP contribution is -2.61. The van der Waals surface area contributed by atoms with Crippen molar-refractivity contribution in [2.75, 3.05) is 55.8 Å². The molecule has 2 bridgehead atoms. The summed E-state index contributed by atoms with van der Waals surface area (Å²) in [4.78, 5) is 16.5. The van der Waals surface area contributed by atoms with Gasteiger partial charge in [-0.2, -0.15) is 0 Å². The Hall–Kier alpha value is -1.40. The van der Waals surface area contributed by atoms with Crippen molar-refractivity contribution in [1.29, 1.82) is 0 Å². The fourth-order valence-electron chi connectivity index (χ4n) is 4.82. The molecule has 0 N–H and O–H groups in total. The van der Waals surface area contributed by atoms with Crippen molar-refractivity contribution in [2.24, 2.45) is 5.92 Å². The van der Waals surface area contributed by atoms with Gasteiger partial charge in [0.1, 0.15) is 24.0 Å². The van der Waals surface area contributed by atoms with Gasteiger partial charge < -0.3 is 19.4 Å². The third-order valence-electron chi connectivity index (χ3n) is 6.17. The fourth-order valence-corrected chi connectivity index (χ4v) is 4.82. The molecule has 6 heterocycles. The van der Waals surface area contributed by atoms with Gasteiger partial charge in [0.25, 0.3) is 0 Å². The molecule has 5 saturated heterocycles. The van der Waals surface area contributed by atoms with E-state index in [1.807, 2.05) is 12.4 Å². The molecule has 6 nitrogen and oxygen atoms in total. The van der Waals surface area contributed by atoms with Crippen LogP contribution in [0.4, 0.5) is 11.6 Å². The molecule has 6 rings (SSSR count). The second kappa shape index (κ2) is 5.31. The number of ether oxygens (including phenoxy) is 1. The summed E-state index contributed by atoms with van der Waals surface area (Å²) in [6.45, 7) is 7.44. The van der Waals surface area contributed by atoms with E-state index < -0.39 is 0 Å². The fraction of sp³-hybridized carbons (Fsp3) is 0.765. The highest BCUT2D eigenvalue weighted by atomic mass is 16.5. The predicted octanol–water partition coefficient (Wildman–Crippen LogP) is 1.34. The Balaban J connectivity index is 1.31. The smallest absolute Gasteiger partial charge is 0.149 e. The Labute approximate surface area is 137 Å². The molecule has 0 aliphatic carbocycles. The van der Waals surface area contributed by atoms with Gasteiger partial charge in [-0.05, 0) is 44.7 Å². The number of hydrogen-bond donors (Lipinski definition) is 0. The summed E-state index contributed by atoms with van der Waals surface area (Å²) in [5, 5.41) is 0. The van der Waals surface area contributed by atoms with E-state index in [-0.39, 0.29) is 5.60 Å². The summed E-state index contributed by atoms with van der Waals surface area (Å²) in [6.07, 6.45) is 8.97. The van der Waals surface area contributed by atoms with Crippen LogP contribution in [0.3, 0.4) is 0 Å². The molecule has 5 fully saturated rings. The van der Waals surface area contributed by atoms with E-state index in [2.05, 4.69) is 24.7 Å². The minimum atomic E-state index is 0.0335. The number of nitrogens with zero attached hydrogens (tertiary/aromatic N) is 5. The Kier molecular flexibility index (Phi) is 3.23. The first-order valence-electron chi connectivity index (χ1n) is 9.01. The summed E-state index contributed by atoms with van der Waals surface area (Å²) >= 11 is 0. The lowest BCUT2D eigenvalue weighted by Gasteiger charge is -2.50. The Bertz CT molecular complexity index is 565. The molecule has 124 valence electrons. The largest absolute Gasteiger partial charge is 0.355 e. The lowest BCUT2D eigenvalue weighted by molar-refractivity contribution is -0.116. The van der Waals surface area contributed by atoms with Crippen LogP contribution in [0.2, 0.25) is 0 Å². The summed E-state index contributed by atoms with van der Waals surface area (Å²) in [5.41, 5.74) is 0.0335. The molecule has 23 heavy (non-hydrogen) atoms. The van der Waals surface area contributed by atoms with E-state index >= 15 is 0 Å². The van der Waals surface area contributed by atoms with Gasteiger partial charge in [0.2, 0.25) is 0 Å². The molecule has 5 aliphatic rings. The molecule has 6 heteroatoms. The zero-order chi connectivity index (χ0) is 15.3. The average molecular weight is 315 g/mol. The summed E-state index contributed by atoms with van der Waals surface area (Å²) in [6, 6.07) is 0. The van der Waals surface area contributed by atoms with Crippen LogP contribution in [-0.2, 0) is 4.74 Å².